The van der Waals surface area contributed by atoms with Gasteiger partial charge in [-0.05, 0) is 29.8 Å². The minimum Gasteiger partial charge on any atom is -0.493 e. The van der Waals surface area contributed by atoms with Gasteiger partial charge in [0.2, 0.25) is 6.29 Å². The second-order valence-corrected chi connectivity index (χ2v) is 13.2. The maximum Gasteiger partial charge on any atom is 0.415 e. The van der Waals surface area contributed by atoms with Crippen LogP contribution in [0.5, 0.6) is 11.5 Å². The van der Waals surface area contributed by atoms with Crippen molar-refractivity contribution in [1.82, 2.24) is 9.88 Å². The van der Waals surface area contributed by atoms with Gasteiger partial charge in [0.1, 0.15) is 13.2 Å². The quantitative estimate of drug-likeness (QED) is 0.239. The fraction of sp³-hybridized carbons (Fsp3) is 0.417. The summed E-state index contributed by atoms with van der Waals surface area (Å²) >= 11 is 0. The van der Waals surface area contributed by atoms with E-state index in [2.05, 4.69) is 4.98 Å². The van der Waals surface area contributed by atoms with Gasteiger partial charge < -0.3 is 38.7 Å². The number of benzene rings is 1. The van der Waals surface area contributed by atoms with Gasteiger partial charge in [-0.1, -0.05) is 6.07 Å². The second-order valence-electron chi connectivity index (χ2n) is 8.84. The number of methoxy groups -OCH3 is 1. The van der Waals surface area contributed by atoms with Crippen LogP contribution in [0.2, 0.25) is 0 Å². The molecule has 0 spiro atoms. The van der Waals surface area contributed by atoms with Gasteiger partial charge in [0.05, 0.1) is 20.2 Å². The van der Waals surface area contributed by atoms with Crippen LogP contribution in [0.3, 0.4) is 0 Å². The lowest BCUT2D eigenvalue weighted by atomic mass is 10.2. The number of aliphatic hydroxyl groups is 1. The predicted molar refractivity (Wildman–Crippen MR) is 141 cm³/mol. The number of carbonyl (C=O) groups excluding carboxylic acids is 3. The predicted octanol–water partition coefficient (Wildman–Crippen LogP) is 2.32. The zero-order valence-electron chi connectivity index (χ0n) is 22.8. The highest BCUT2D eigenvalue weighted by atomic mass is 31.2. The molecule has 0 saturated carbocycles. The second kappa shape index (κ2) is 13.7. The third kappa shape index (κ3) is 7.92. The Hall–Kier alpha value is -3.36. The first kappa shape index (κ1) is 33.1. The molecule has 1 aromatic heterocycles. The molecule has 1 aliphatic rings. The standard InChI is InChI=1S/C24H30N2O14P2/c1-16(27)36-11-9-26(10-12-37-17(2)28)23(29)38-20-7-6-19(13-21(20)35-3)22-39-41(31,32)24(30,42(33,34)40-22)14-18-5-4-8-25-15-18/h4-8,13,15,22,30H,9-12,14H2,1-3H3,(H,31,32)(H,33,34). The average molecular weight is 632 g/mol. The summed E-state index contributed by atoms with van der Waals surface area (Å²) in [6, 6.07) is 6.48. The molecule has 2 aromatic rings. The summed E-state index contributed by atoms with van der Waals surface area (Å²) < 4.78 is 56.7. The van der Waals surface area contributed by atoms with Gasteiger partial charge in [0, 0.05) is 38.2 Å². The molecule has 0 bridgehead atoms. The van der Waals surface area contributed by atoms with Gasteiger partial charge in [-0.3, -0.25) is 32.8 Å². The van der Waals surface area contributed by atoms with Gasteiger partial charge in [-0.2, -0.15) is 0 Å². The van der Waals surface area contributed by atoms with Gasteiger partial charge in [-0.15, -0.1) is 0 Å². The van der Waals surface area contributed by atoms with Crippen LogP contribution in [0.15, 0.2) is 42.7 Å². The number of hydrogen-bond donors (Lipinski definition) is 3. The van der Waals surface area contributed by atoms with Crippen LogP contribution in [0.1, 0.15) is 31.3 Å². The van der Waals surface area contributed by atoms with E-state index in [1.165, 1.54) is 63.7 Å². The van der Waals surface area contributed by atoms with Gasteiger partial charge in [0.15, 0.2) is 11.5 Å². The van der Waals surface area contributed by atoms with Gasteiger partial charge >= 0.3 is 33.2 Å². The average Bonchev–Trinajstić information content (AvgIpc) is 2.91. The van der Waals surface area contributed by atoms with Crippen LogP contribution in [0, 0.1) is 0 Å². The fourth-order valence-corrected chi connectivity index (χ4v) is 7.25. The van der Waals surface area contributed by atoms with Gasteiger partial charge in [0.25, 0.3) is 5.08 Å². The van der Waals surface area contributed by atoms with Crippen molar-refractivity contribution < 1.29 is 66.4 Å². The molecular weight excluding hydrogens is 602 g/mol. The molecule has 1 fully saturated rings. The van der Waals surface area contributed by atoms with E-state index in [-0.39, 0.29) is 48.9 Å². The minimum absolute atomic E-state index is 0.0831. The molecule has 0 aliphatic carbocycles. The van der Waals surface area contributed by atoms with Crippen molar-refractivity contribution in [2.24, 2.45) is 0 Å². The van der Waals surface area contributed by atoms with E-state index < -0.39 is 51.0 Å². The molecule has 3 rings (SSSR count). The Labute approximate surface area is 240 Å². The zero-order chi connectivity index (χ0) is 31.1. The summed E-state index contributed by atoms with van der Waals surface area (Å²) in [5, 5.41) is 7.70. The molecule has 1 aliphatic heterocycles. The molecule has 1 amide bonds. The van der Waals surface area contributed by atoms with Crippen LogP contribution < -0.4 is 9.47 Å². The molecular formula is C24H30N2O14P2. The van der Waals surface area contributed by atoms with Crippen LogP contribution >= 0.6 is 15.2 Å². The number of carbonyl (C=O) groups is 3. The number of hydrogen-bond acceptors (Lipinski definition) is 13. The summed E-state index contributed by atoms with van der Waals surface area (Å²) in [5.41, 5.74) is 0.0944. The Balaban J connectivity index is 1.79. The van der Waals surface area contributed by atoms with Crippen molar-refractivity contribution in [2.75, 3.05) is 33.4 Å². The number of aromatic nitrogens is 1. The van der Waals surface area contributed by atoms with E-state index in [0.29, 0.717) is 0 Å². The Bertz CT molecular complexity index is 1340. The summed E-state index contributed by atoms with van der Waals surface area (Å²) in [5.74, 6) is -1.38. The molecule has 3 N–H and O–H groups in total. The van der Waals surface area contributed by atoms with E-state index in [1.807, 2.05) is 0 Å². The largest absolute Gasteiger partial charge is 0.493 e. The van der Waals surface area contributed by atoms with E-state index in [9.17, 15) is 38.4 Å². The number of nitrogens with zero attached hydrogens (tertiary/aromatic N) is 2. The zero-order valence-corrected chi connectivity index (χ0v) is 24.6. The van der Waals surface area contributed by atoms with Crippen molar-refractivity contribution in [2.45, 2.75) is 31.6 Å². The molecule has 1 saturated heterocycles. The smallest absolute Gasteiger partial charge is 0.415 e. The van der Waals surface area contributed by atoms with Crippen LogP contribution in [-0.2, 0) is 43.7 Å². The highest BCUT2D eigenvalue weighted by molar-refractivity contribution is 7.73. The number of esters is 2. The maximum absolute atomic E-state index is 13.1. The van der Waals surface area contributed by atoms with Crippen molar-refractivity contribution >= 4 is 33.2 Å². The normalized spacial score (nSPS) is 25.2. The number of ether oxygens (including phenoxy) is 4. The van der Waals surface area contributed by atoms with Crippen LogP contribution in [0.25, 0.3) is 0 Å². The first-order chi connectivity index (χ1) is 19.7. The molecule has 1 aromatic carbocycles. The van der Waals surface area contributed by atoms with E-state index >= 15 is 0 Å². The minimum atomic E-state index is -5.24. The Morgan fingerprint density at radius 1 is 1.00 bits per heavy atom. The van der Waals surface area contributed by atoms with Crippen molar-refractivity contribution in [3.8, 4) is 11.5 Å². The highest BCUT2D eigenvalue weighted by Gasteiger charge is 2.67. The molecule has 0 radical (unpaired) electrons. The first-order valence-electron chi connectivity index (χ1n) is 12.2. The topological polar surface area (TPSA) is 218 Å². The summed E-state index contributed by atoms with van der Waals surface area (Å²) in [7, 11) is -9.26. The lowest BCUT2D eigenvalue weighted by molar-refractivity contribution is -0.141. The van der Waals surface area contributed by atoms with Gasteiger partial charge in [-0.25, -0.2) is 4.79 Å². The third-order valence-corrected chi connectivity index (χ3v) is 10.4. The lowest BCUT2D eigenvalue weighted by Crippen LogP contribution is -2.39. The highest BCUT2D eigenvalue weighted by Crippen LogP contribution is 2.79. The fourth-order valence-electron chi connectivity index (χ4n) is 3.67. The maximum atomic E-state index is 13.1. The third-order valence-electron chi connectivity index (χ3n) is 5.79. The summed E-state index contributed by atoms with van der Waals surface area (Å²) in [6.45, 7) is 1.88. The molecule has 16 nitrogen and oxygen atoms in total. The molecule has 2 heterocycles. The molecule has 2 unspecified atom stereocenters. The van der Waals surface area contributed by atoms with Crippen LogP contribution in [0.4, 0.5) is 4.79 Å². The molecule has 42 heavy (non-hydrogen) atoms. The van der Waals surface area contributed by atoms with Crippen molar-refractivity contribution in [3.63, 3.8) is 0 Å². The number of rotatable bonds is 11. The lowest BCUT2D eigenvalue weighted by Gasteiger charge is -2.41. The monoisotopic (exact) mass is 632 g/mol. The molecule has 18 heteroatoms. The summed E-state index contributed by atoms with van der Waals surface area (Å²) in [6.07, 6.45) is -0.937. The number of amides is 1. The van der Waals surface area contributed by atoms with E-state index in [1.54, 1.807) is 0 Å². The first-order valence-corrected chi connectivity index (χ1v) is 15.4. The van der Waals surface area contributed by atoms with Crippen LogP contribution in [-0.4, -0.2) is 81.3 Å². The Kier molecular flexibility index (Phi) is 10.8. The molecule has 230 valence electrons. The van der Waals surface area contributed by atoms with E-state index in [4.69, 9.17) is 28.0 Å². The Morgan fingerprint density at radius 3 is 2.10 bits per heavy atom. The van der Waals surface area contributed by atoms with Crippen molar-refractivity contribution in [3.05, 3.63) is 53.9 Å². The summed E-state index contributed by atoms with van der Waals surface area (Å²) in [4.78, 5) is 61.1. The van der Waals surface area contributed by atoms with Crippen molar-refractivity contribution in [1.29, 1.82) is 0 Å². The van der Waals surface area contributed by atoms with E-state index in [0.717, 1.165) is 4.90 Å². The SMILES string of the molecule is COc1cc(C2OP(=O)(O)C(O)(Cc3cccnc3)P(=O)(O)O2)ccc1OC(=O)N(CCOC(C)=O)CCOC(C)=O. The molecule has 2 atom stereocenters. The Morgan fingerprint density at radius 2 is 1.60 bits per heavy atom. The number of pyridine rings is 1.